The van der Waals surface area contributed by atoms with Gasteiger partial charge in [-0.05, 0) is 70.6 Å². The minimum Gasteiger partial charge on any atom is -0.497 e. The van der Waals surface area contributed by atoms with Crippen molar-refractivity contribution in [3.8, 4) is 5.75 Å². The highest BCUT2D eigenvalue weighted by Gasteiger charge is 2.48. The van der Waals surface area contributed by atoms with E-state index in [-0.39, 0.29) is 18.2 Å². The molecule has 26 heavy (non-hydrogen) atoms. The number of methoxy groups -OCH3 is 1. The first-order valence-corrected chi connectivity index (χ1v) is 9.56. The third kappa shape index (κ3) is 4.32. The van der Waals surface area contributed by atoms with Crippen LogP contribution in [0.3, 0.4) is 0 Å². The van der Waals surface area contributed by atoms with Crippen molar-refractivity contribution < 1.29 is 19.4 Å². The molecule has 2 atom stereocenters. The van der Waals surface area contributed by atoms with Crippen LogP contribution in [0.2, 0.25) is 0 Å². The van der Waals surface area contributed by atoms with E-state index in [1.807, 2.05) is 49.9 Å². The van der Waals surface area contributed by atoms with Crippen molar-refractivity contribution in [2.75, 3.05) is 7.11 Å². The van der Waals surface area contributed by atoms with Crippen molar-refractivity contribution in [2.45, 2.75) is 82.6 Å². The van der Waals surface area contributed by atoms with E-state index in [0.717, 1.165) is 30.6 Å². The Morgan fingerprint density at radius 2 is 1.92 bits per heavy atom. The van der Waals surface area contributed by atoms with Gasteiger partial charge in [0.1, 0.15) is 11.4 Å². The molecule has 1 aromatic carbocycles. The standard InChI is InChI=1S/C21H31NO4/c1-20(2,3)26-19(23)22-16-8-6-9-17(22)14-21(24,13-16)12-15-7-5-10-18(11-15)25-4/h5,7,10-11,16-17,24H,6,8-9,12-14H2,1-4H3. The molecule has 1 aromatic rings. The largest absolute Gasteiger partial charge is 0.497 e. The molecule has 0 saturated carbocycles. The molecule has 3 rings (SSSR count). The molecule has 1 amide bonds. The zero-order valence-corrected chi connectivity index (χ0v) is 16.3. The first kappa shape index (κ1) is 19.0. The minimum atomic E-state index is -0.791. The van der Waals surface area contributed by atoms with Crippen LogP contribution in [-0.4, -0.2) is 46.5 Å². The average molecular weight is 361 g/mol. The van der Waals surface area contributed by atoms with Crippen molar-refractivity contribution >= 4 is 6.09 Å². The number of carbonyl (C=O) groups excluding carboxylic acids is 1. The number of nitrogens with zero attached hydrogens (tertiary/aromatic N) is 1. The Labute approximate surface area is 156 Å². The van der Waals surface area contributed by atoms with Crippen molar-refractivity contribution in [1.29, 1.82) is 0 Å². The molecule has 2 saturated heterocycles. The van der Waals surface area contributed by atoms with Crippen LogP contribution in [0.5, 0.6) is 5.75 Å². The number of rotatable bonds is 3. The fraction of sp³-hybridized carbons (Fsp3) is 0.667. The second-order valence-electron chi connectivity index (χ2n) is 8.79. The summed E-state index contributed by atoms with van der Waals surface area (Å²) in [5, 5.41) is 11.3. The molecule has 1 N–H and O–H groups in total. The van der Waals surface area contributed by atoms with Gasteiger partial charge in [-0.3, -0.25) is 0 Å². The van der Waals surface area contributed by atoms with Gasteiger partial charge in [-0.1, -0.05) is 12.1 Å². The highest BCUT2D eigenvalue weighted by atomic mass is 16.6. The molecule has 0 aromatic heterocycles. The Morgan fingerprint density at radius 3 is 2.50 bits per heavy atom. The summed E-state index contributed by atoms with van der Waals surface area (Å²) in [6.07, 6.45) is 4.49. The van der Waals surface area contributed by atoms with Crippen LogP contribution in [0.15, 0.2) is 24.3 Å². The molecule has 5 nitrogen and oxygen atoms in total. The molecule has 2 fully saturated rings. The maximum Gasteiger partial charge on any atom is 0.410 e. The highest BCUT2D eigenvalue weighted by molar-refractivity contribution is 5.69. The number of piperidine rings is 2. The van der Waals surface area contributed by atoms with Crippen LogP contribution in [0, 0.1) is 0 Å². The Kier molecular flexibility index (Phi) is 5.20. The topological polar surface area (TPSA) is 59.0 Å². The Bertz CT molecular complexity index is 638. The van der Waals surface area contributed by atoms with E-state index < -0.39 is 11.2 Å². The molecular weight excluding hydrogens is 330 g/mol. The molecule has 2 aliphatic heterocycles. The van der Waals surface area contributed by atoms with Crippen LogP contribution in [0.4, 0.5) is 4.79 Å². The Morgan fingerprint density at radius 1 is 1.27 bits per heavy atom. The van der Waals surface area contributed by atoms with E-state index in [0.29, 0.717) is 19.3 Å². The number of aliphatic hydroxyl groups is 1. The van der Waals surface area contributed by atoms with Gasteiger partial charge in [0.15, 0.2) is 0 Å². The fourth-order valence-corrected chi connectivity index (χ4v) is 4.45. The van der Waals surface area contributed by atoms with E-state index in [4.69, 9.17) is 9.47 Å². The summed E-state index contributed by atoms with van der Waals surface area (Å²) in [5.41, 5.74) is -0.226. The number of fused-ring (bicyclic) bond motifs is 2. The lowest BCUT2D eigenvalue weighted by molar-refractivity contribution is -0.0919. The molecular formula is C21H31NO4. The number of ether oxygens (including phenoxy) is 2. The highest BCUT2D eigenvalue weighted by Crippen LogP contribution is 2.41. The third-order valence-electron chi connectivity index (χ3n) is 5.36. The van der Waals surface area contributed by atoms with Crippen molar-refractivity contribution in [1.82, 2.24) is 4.90 Å². The van der Waals surface area contributed by atoms with Gasteiger partial charge < -0.3 is 19.5 Å². The average Bonchev–Trinajstić information content (AvgIpc) is 2.52. The van der Waals surface area contributed by atoms with Gasteiger partial charge in [0.05, 0.1) is 12.7 Å². The van der Waals surface area contributed by atoms with Crippen molar-refractivity contribution in [2.24, 2.45) is 0 Å². The SMILES string of the molecule is COc1cccc(CC2(O)CC3CCCC(C2)N3C(=O)OC(C)(C)C)c1. The van der Waals surface area contributed by atoms with E-state index in [1.54, 1.807) is 7.11 Å². The quantitative estimate of drug-likeness (QED) is 0.886. The van der Waals surface area contributed by atoms with Crippen LogP contribution >= 0.6 is 0 Å². The molecule has 0 radical (unpaired) electrons. The van der Waals surface area contributed by atoms with Crippen LogP contribution in [0.25, 0.3) is 0 Å². The summed E-state index contributed by atoms with van der Waals surface area (Å²) < 4.78 is 10.9. The maximum atomic E-state index is 12.7. The summed E-state index contributed by atoms with van der Waals surface area (Å²) in [5.74, 6) is 0.803. The lowest BCUT2D eigenvalue weighted by Gasteiger charge is -2.51. The minimum absolute atomic E-state index is 0.0490. The van der Waals surface area contributed by atoms with Gasteiger partial charge in [0.25, 0.3) is 0 Å². The number of amides is 1. The van der Waals surface area contributed by atoms with Crippen LogP contribution in [-0.2, 0) is 11.2 Å². The first-order valence-electron chi connectivity index (χ1n) is 9.56. The third-order valence-corrected chi connectivity index (χ3v) is 5.36. The molecule has 0 spiro atoms. The van der Waals surface area contributed by atoms with E-state index in [2.05, 4.69) is 0 Å². The second-order valence-corrected chi connectivity index (χ2v) is 8.79. The van der Waals surface area contributed by atoms with E-state index in [9.17, 15) is 9.90 Å². The zero-order chi connectivity index (χ0) is 18.9. The van der Waals surface area contributed by atoms with Gasteiger partial charge in [0.2, 0.25) is 0 Å². The lowest BCUT2D eigenvalue weighted by atomic mass is 9.73. The van der Waals surface area contributed by atoms with Gasteiger partial charge in [0, 0.05) is 18.5 Å². The zero-order valence-electron chi connectivity index (χ0n) is 16.3. The number of hydrogen-bond donors (Lipinski definition) is 1. The Balaban J connectivity index is 1.74. The first-order chi connectivity index (χ1) is 12.2. The monoisotopic (exact) mass is 361 g/mol. The van der Waals surface area contributed by atoms with Crippen molar-refractivity contribution in [3.63, 3.8) is 0 Å². The van der Waals surface area contributed by atoms with Crippen molar-refractivity contribution in [3.05, 3.63) is 29.8 Å². The maximum absolute atomic E-state index is 12.7. The summed E-state index contributed by atoms with van der Waals surface area (Å²) in [6, 6.07) is 7.97. The molecule has 2 bridgehead atoms. The summed E-state index contributed by atoms with van der Waals surface area (Å²) in [4.78, 5) is 14.6. The van der Waals surface area contributed by atoms with Gasteiger partial charge in [-0.25, -0.2) is 4.79 Å². The van der Waals surface area contributed by atoms with Crippen LogP contribution < -0.4 is 4.74 Å². The molecule has 2 aliphatic rings. The fourth-order valence-electron chi connectivity index (χ4n) is 4.45. The normalized spacial score (nSPS) is 28.6. The summed E-state index contributed by atoms with van der Waals surface area (Å²) >= 11 is 0. The lowest BCUT2D eigenvalue weighted by Crippen LogP contribution is -2.61. The summed E-state index contributed by atoms with van der Waals surface area (Å²) in [6.45, 7) is 5.68. The van der Waals surface area contributed by atoms with Gasteiger partial charge >= 0.3 is 6.09 Å². The van der Waals surface area contributed by atoms with Gasteiger partial charge in [-0.15, -0.1) is 0 Å². The van der Waals surface area contributed by atoms with Gasteiger partial charge in [-0.2, -0.15) is 0 Å². The number of carbonyl (C=O) groups is 1. The number of hydrogen-bond acceptors (Lipinski definition) is 4. The second kappa shape index (κ2) is 7.10. The molecule has 144 valence electrons. The smallest absolute Gasteiger partial charge is 0.410 e. The van der Waals surface area contributed by atoms with Crippen LogP contribution in [0.1, 0.15) is 58.4 Å². The molecule has 2 unspecified atom stereocenters. The summed E-state index contributed by atoms with van der Waals surface area (Å²) in [7, 11) is 1.65. The predicted molar refractivity (Wildman–Crippen MR) is 100 cm³/mol. The predicted octanol–water partition coefficient (Wildman–Crippen LogP) is 3.92. The Hall–Kier alpha value is -1.75. The van der Waals surface area contributed by atoms with E-state index >= 15 is 0 Å². The molecule has 2 heterocycles. The number of benzene rings is 1. The molecule has 5 heteroatoms. The molecule has 0 aliphatic carbocycles. The van der Waals surface area contributed by atoms with E-state index in [1.165, 1.54) is 0 Å².